The number of nitrogens with zero attached hydrogens (tertiary/aromatic N) is 2. The molecule has 0 fully saturated rings. The van der Waals surface area contributed by atoms with Crippen molar-refractivity contribution in [1.82, 2.24) is 0 Å². The summed E-state index contributed by atoms with van der Waals surface area (Å²) in [7, 11) is 0. The summed E-state index contributed by atoms with van der Waals surface area (Å²) < 4.78 is 0. The molecule has 1 aliphatic rings. The van der Waals surface area contributed by atoms with Crippen LogP contribution in [0.2, 0.25) is 0 Å². The number of hydrogen-bond acceptors (Lipinski definition) is 2. The van der Waals surface area contributed by atoms with Crippen LogP contribution in [0.5, 0.6) is 0 Å². The Kier molecular flexibility index (Phi) is 5.88. The summed E-state index contributed by atoms with van der Waals surface area (Å²) >= 11 is 0. The summed E-state index contributed by atoms with van der Waals surface area (Å²) in [4.78, 5) is 0. The van der Waals surface area contributed by atoms with Gasteiger partial charge >= 0.3 is 0 Å². The summed E-state index contributed by atoms with van der Waals surface area (Å²) in [6.07, 6.45) is 5.72. The van der Waals surface area contributed by atoms with Crippen LogP contribution in [0.25, 0.3) is 0 Å². The maximum absolute atomic E-state index is 3.89. The van der Waals surface area contributed by atoms with Gasteiger partial charge in [-0.15, -0.1) is 0 Å². The zero-order valence-electron chi connectivity index (χ0n) is 8.04. The Labute approximate surface area is 74.4 Å². The molecule has 0 aromatic carbocycles. The van der Waals surface area contributed by atoms with Crippen molar-refractivity contribution in [3.63, 3.8) is 0 Å². The lowest BCUT2D eigenvalue weighted by atomic mass is 10.2. The molecule has 0 saturated carbocycles. The molecule has 1 rings (SSSR count). The van der Waals surface area contributed by atoms with Crippen LogP contribution in [-0.2, 0) is 0 Å². The molecule has 1 aliphatic heterocycles. The first-order valence-electron chi connectivity index (χ1n) is 4.24. The van der Waals surface area contributed by atoms with E-state index in [0.717, 1.165) is 11.3 Å². The van der Waals surface area contributed by atoms with Crippen molar-refractivity contribution in [3.05, 3.63) is 36.1 Å². The predicted molar refractivity (Wildman–Crippen MR) is 53.1 cm³/mol. The minimum Gasteiger partial charge on any atom is -0.184 e. The Balaban J connectivity index is 0.000000561. The lowest BCUT2D eigenvalue weighted by Gasteiger charge is -1.88. The first-order chi connectivity index (χ1) is 5.88. The number of rotatable bonds is 2. The normalized spacial score (nSPS) is 14.9. The van der Waals surface area contributed by atoms with Gasteiger partial charge in [0.05, 0.1) is 12.2 Å². The zero-order valence-corrected chi connectivity index (χ0v) is 8.04. The molecule has 0 N–H and O–H groups in total. The van der Waals surface area contributed by atoms with Crippen LogP contribution in [0.3, 0.4) is 0 Å². The minimum absolute atomic E-state index is 0.700. The Morgan fingerprint density at radius 1 is 1.42 bits per heavy atom. The van der Waals surface area contributed by atoms with Gasteiger partial charge in [-0.2, -0.15) is 10.2 Å². The Hall–Kier alpha value is -1.18. The highest BCUT2D eigenvalue weighted by atomic mass is 15.1. The molecule has 0 unspecified atom stereocenters. The summed E-state index contributed by atoms with van der Waals surface area (Å²) in [6.45, 7) is 10.3. The van der Waals surface area contributed by atoms with E-state index in [9.17, 15) is 0 Å². The molecule has 66 valence electrons. The van der Waals surface area contributed by atoms with Gasteiger partial charge in [0.25, 0.3) is 0 Å². The van der Waals surface area contributed by atoms with Gasteiger partial charge in [0.1, 0.15) is 0 Å². The highest BCUT2D eigenvalue weighted by molar-refractivity contribution is 5.34. The quantitative estimate of drug-likeness (QED) is 0.596. The summed E-state index contributed by atoms with van der Waals surface area (Å²) in [5.74, 6) is 0. The van der Waals surface area contributed by atoms with Crippen molar-refractivity contribution in [2.75, 3.05) is 6.54 Å². The van der Waals surface area contributed by atoms with E-state index in [-0.39, 0.29) is 0 Å². The van der Waals surface area contributed by atoms with Crippen LogP contribution in [0.15, 0.2) is 46.3 Å². The minimum atomic E-state index is 0.700. The molecule has 12 heavy (non-hydrogen) atoms. The fraction of sp³-hybridized carbons (Fsp3) is 0.400. The Bertz CT molecular complexity index is 222. The van der Waals surface area contributed by atoms with Gasteiger partial charge in [-0.05, 0) is 13.0 Å². The number of allylic oxidation sites excluding steroid dienone is 2. The molecular formula is C10H16N2. The second-order valence-corrected chi connectivity index (χ2v) is 2.01. The highest BCUT2D eigenvalue weighted by Crippen LogP contribution is 2.16. The maximum atomic E-state index is 3.89. The number of hydrogen-bond donors (Lipinski definition) is 0. The van der Waals surface area contributed by atoms with Crippen LogP contribution in [0, 0.1) is 0 Å². The zero-order chi connectivity index (χ0) is 9.40. The maximum Gasteiger partial charge on any atom is 0.0898 e. The molecule has 2 heteroatoms. The van der Waals surface area contributed by atoms with E-state index in [2.05, 4.69) is 16.8 Å². The average molecular weight is 164 g/mol. The number of azo groups is 1. The molecule has 0 aromatic heterocycles. The van der Waals surface area contributed by atoms with E-state index < -0.39 is 0 Å². The van der Waals surface area contributed by atoms with E-state index >= 15 is 0 Å². The second-order valence-electron chi connectivity index (χ2n) is 2.01. The average Bonchev–Trinajstić information content (AvgIpc) is 2.56. The largest absolute Gasteiger partial charge is 0.184 e. The van der Waals surface area contributed by atoms with Gasteiger partial charge in [0.2, 0.25) is 0 Å². The van der Waals surface area contributed by atoms with Gasteiger partial charge < -0.3 is 0 Å². The molecule has 0 bridgehead atoms. The molecular weight excluding hydrogens is 148 g/mol. The van der Waals surface area contributed by atoms with Crippen LogP contribution in [-0.4, -0.2) is 6.54 Å². The van der Waals surface area contributed by atoms with E-state index in [4.69, 9.17) is 0 Å². The smallest absolute Gasteiger partial charge is 0.0898 e. The Morgan fingerprint density at radius 2 is 2.08 bits per heavy atom. The van der Waals surface area contributed by atoms with Gasteiger partial charge in [-0.25, -0.2) is 0 Å². The van der Waals surface area contributed by atoms with Crippen molar-refractivity contribution in [2.24, 2.45) is 10.2 Å². The molecule has 0 aliphatic carbocycles. The fourth-order valence-electron chi connectivity index (χ4n) is 0.844. The van der Waals surface area contributed by atoms with E-state index in [0.29, 0.717) is 6.54 Å². The molecule has 2 nitrogen and oxygen atoms in total. The van der Waals surface area contributed by atoms with Gasteiger partial charge in [-0.1, -0.05) is 32.6 Å². The van der Waals surface area contributed by atoms with Crippen molar-refractivity contribution in [3.8, 4) is 0 Å². The molecule has 0 saturated heterocycles. The molecule has 1 heterocycles. The van der Waals surface area contributed by atoms with Gasteiger partial charge in [0.15, 0.2) is 0 Å². The molecule has 0 radical (unpaired) electrons. The van der Waals surface area contributed by atoms with E-state index in [1.54, 1.807) is 6.08 Å². The molecule has 0 amide bonds. The monoisotopic (exact) mass is 164 g/mol. The highest BCUT2D eigenvalue weighted by Gasteiger charge is 2.04. The van der Waals surface area contributed by atoms with Crippen molar-refractivity contribution >= 4 is 0 Å². The van der Waals surface area contributed by atoms with Crippen molar-refractivity contribution in [1.29, 1.82) is 0 Å². The summed E-state index contributed by atoms with van der Waals surface area (Å²) in [5, 5.41) is 7.75. The second kappa shape index (κ2) is 6.53. The first kappa shape index (κ1) is 10.8. The summed E-state index contributed by atoms with van der Waals surface area (Å²) in [5.41, 5.74) is 2.05. The van der Waals surface area contributed by atoms with Gasteiger partial charge in [-0.3, -0.25) is 0 Å². The Morgan fingerprint density at radius 3 is 2.58 bits per heavy atom. The van der Waals surface area contributed by atoms with Crippen LogP contribution in [0.4, 0.5) is 0 Å². The third-order valence-electron chi connectivity index (χ3n) is 1.31. The van der Waals surface area contributed by atoms with Crippen molar-refractivity contribution in [2.45, 2.75) is 20.8 Å². The van der Waals surface area contributed by atoms with E-state index in [1.165, 1.54) is 0 Å². The van der Waals surface area contributed by atoms with Crippen LogP contribution in [0.1, 0.15) is 20.8 Å². The van der Waals surface area contributed by atoms with Gasteiger partial charge in [0, 0.05) is 5.57 Å². The fourth-order valence-corrected chi connectivity index (χ4v) is 0.844. The van der Waals surface area contributed by atoms with Crippen LogP contribution < -0.4 is 0 Å². The standard InChI is InChI=1S/C8H10N2.C2H6/c1-3-5-7-6-9-10-8(7)4-2;1-2/h3-5H,2,6H2,1H3;1-2H3/b5-3-;. The predicted octanol–water partition coefficient (Wildman–Crippen LogP) is 3.49. The first-order valence-corrected chi connectivity index (χ1v) is 4.24. The SMILES string of the molecule is C=CC1=C(/C=C\C)CN=N1.CC. The molecule has 0 spiro atoms. The third-order valence-corrected chi connectivity index (χ3v) is 1.31. The van der Waals surface area contributed by atoms with E-state index in [1.807, 2.05) is 32.9 Å². The third kappa shape index (κ3) is 2.82. The summed E-state index contributed by atoms with van der Waals surface area (Å²) in [6, 6.07) is 0. The van der Waals surface area contributed by atoms with Crippen LogP contribution >= 0.6 is 0 Å². The molecule has 0 aromatic rings. The molecule has 0 atom stereocenters. The topological polar surface area (TPSA) is 24.7 Å². The van der Waals surface area contributed by atoms with Crippen molar-refractivity contribution < 1.29 is 0 Å². The lowest BCUT2D eigenvalue weighted by Crippen LogP contribution is -1.80. The lowest BCUT2D eigenvalue weighted by molar-refractivity contribution is 1.11.